The molecule has 4 nitrogen and oxygen atoms in total. The van der Waals surface area contributed by atoms with Gasteiger partial charge in [0.2, 0.25) is 4.34 Å². The molecule has 1 rings (SSSR count). The Bertz CT molecular complexity index is 365. The smallest absolute Gasteiger partial charge is 0.228 e. The molecule has 0 amide bonds. The predicted octanol–water partition coefficient (Wildman–Crippen LogP) is 1.12. The van der Waals surface area contributed by atoms with Crippen molar-refractivity contribution in [2.24, 2.45) is 0 Å². The summed E-state index contributed by atoms with van der Waals surface area (Å²) in [5.41, 5.74) is 0.689. The van der Waals surface area contributed by atoms with E-state index in [1.165, 1.54) is 7.05 Å². The van der Waals surface area contributed by atoms with Crippen molar-refractivity contribution in [3.05, 3.63) is 9.48 Å². The highest BCUT2D eigenvalue weighted by molar-refractivity contribution is 9.11. The van der Waals surface area contributed by atoms with Crippen LogP contribution in [0, 0.1) is 6.92 Å². The van der Waals surface area contributed by atoms with Gasteiger partial charge in [-0.15, -0.1) is 0 Å². The van der Waals surface area contributed by atoms with Gasteiger partial charge in [0.15, 0.2) is 0 Å². The van der Waals surface area contributed by atoms with Crippen LogP contribution in [0.1, 0.15) is 5.69 Å². The summed E-state index contributed by atoms with van der Waals surface area (Å²) in [5, 5.41) is 0. The molecule has 68 valence electrons. The monoisotopic (exact) mass is 270 g/mol. The molecule has 12 heavy (non-hydrogen) atoms. The van der Waals surface area contributed by atoms with Crippen molar-refractivity contribution in [2.75, 3.05) is 7.05 Å². The fourth-order valence-corrected chi connectivity index (χ4v) is 3.33. The van der Waals surface area contributed by atoms with Gasteiger partial charge in [0.05, 0.1) is 9.48 Å². The Morgan fingerprint density at radius 3 is 2.50 bits per heavy atom. The second-order valence-corrected chi connectivity index (χ2v) is 6.42. The number of aryl methyl sites for hydroxylation is 1. The summed E-state index contributed by atoms with van der Waals surface area (Å²) in [6, 6.07) is 0. The van der Waals surface area contributed by atoms with Gasteiger partial charge in [-0.05, 0) is 29.9 Å². The molecule has 1 aromatic rings. The lowest BCUT2D eigenvalue weighted by atomic mass is 10.6. The molecule has 7 heteroatoms. The lowest BCUT2D eigenvalue weighted by Crippen LogP contribution is -2.18. The van der Waals surface area contributed by atoms with E-state index in [1.807, 2.05) is 0 Å². The maximum atomic E-state index is 11.2. The Morgan fingerprint density at radius 2 is 2.17 bits per heavy atom. The average Bonchev–Trinajstić information content (AvgIpc) is 2.33. The number of thiazole rings is 1. The average molecular weight is 271 g/mol. The third kappa shape index (κ3) is 1.85. The van der Waals surface area contributed by atoms with Crippen molar-refractivity contribution in [3.63, 3.8) is 0 Å². The van der Waals surface area contributed by atoms with Crippen LogP contribution in [0.15, 0.2) is 8.13 Å². The molecule has 1 aromatic heterocycles. The summed E-state index contributed by atoms with van der Waals surface area (Å²) in [7, 11) is -2.01. The van der Waals surface area contributed by atoms with Crippen molar-refractivity contribution in [1.29, 1.82) is 0 Å². The minimum atomic E-state index is -3.37. The Balaban J connectivity index is 3.22. The first kappa shape index (κ1) is 10.1. The molecule has 0 saturated heterocycles. The highest BCUT2D eigenvalue weighted by atomic mass is 79.9. The van der Waals surface area contributed by atoms with Gasteiger partial charge in [-0.3, -0.25) is 0 Å². The first-order valence-electron chi connectivity index (χ1n) is 3.04. The number of hydrogen-bond acceptors (Lipinski definition) is 4. The van der Waals surface area contributed by atoms with Crippen LogP contribution >= 0.6 is 27.3 Å². The van der Waals surface area contributed by atoms with E-state index in [0.29, 0.717) is 5.69 Å². The normalized spacial score (nSPS) is 11.9. The zero-order chi connectivity index (χ0) is 9.35. The third-order valence-corrected chi connectivity index (χ3v) is 5.02. The number of hydrogen-bond donors (Lipinski definition) is 1. The highest BCUT2D eigenvalue weighted by Crippen LogP contribution is 2.26. The van der Waals surface area contributed by atoms with Gasteiger partial charge >= 0.3 is 0 Å². The molecule has 0 aromatic carbocycles. The Morgan fingerprint density at radius 1 is 1.58 bits per heavy atom. The van der Waals surface area contributed by atoms with Crippen LogP contribution in [0.25, 0.3) is 0 Å². The van der Waals surface area contributed by atoms with Crippen LogP contribution in [0.5, 0.6) is 0 Å². The van der Waals surface area contributed by atoms with Gasteiger partial charge in [0.1, 0.15) is 0 Å². The van der Waals surface area contributed by atoms with Crippen LogP contribution < -0.4 is 4.72 Å². The van der Waals surface area contributed by atoms with E-state index >= 15 is 0 Å². The summed E-state index contributed by atoms with van der Waals surface area (Å²) in [6.07, 6.45) is 0. The number of sulfonamides is 1. The highest BCUT2D eigenvalue weighted by Gasteiger charge is 2.17. The van der Waals surface area contributed by atoms with Crippen molar-refractivity contribution in [3.8, 4) is 0 Å². The van der Waals surface area contributed by atoms with Crippen LogP contribution in [-0.4, -0.2) is 20.4 Å². The van der Waals surface area contributed by atoms with E-state index in [2.05, 4.69) is 25.6 Å². The maximum Gasteiger partial charge on any atom is 0.267 e. The maximum absolute atomic E-state index is 11.2. The van der Waals surface area contributed by atoms with Crippen LogP contribution in [0.2, 0.25) is 0 Å². The second-order valence-electron chi connectivity index (χ2n) is 2.05. The molecular weight excluding hydrogens is 264 g/mol. The first-order valence-corrected chi connectivity index (χ1v) is 6.13. The summed E-state index contributed by atoms with van der Waals surface area (Å²) >= 11 is 4.30. The molecule has 0 aliphatic rings. The zero-order valence-electron chi connectivity index (χ0n) is 6.46. The quantitative estimate of drug-likeness (QED) is 0.877. The van der Waals surface area contributed by atoms with Crippen LogP contribution in [0.3, 0.4) is 0 Å². The molecule has 0 radical (unpaired) electrons. The van der Waals surface area contributed by atoms with E-state index in [0.717, 1.165) is 15.1 Å². The molecule has 0 unspecified atom stereocenters. The van der Waals surface area contributed by atoms with Gasteiger partial charge in [-0.2, -0.15) is 0 Å². The van der Waals surface area contributed by atoms with Gasteiger partial charge in [0.25, 0.3) is 10.0 Å². The number of halogens is 1. The van der Waals surface area contributed by atoms with E-state index in [9.17, 15) is 8.42 Å². The minimum Gasteiger partial charge on any atom is -0.228 e. The van der Waals surface area contributed by atoms with E-state index in [1.54, 1.807) is 6.92 Å². The fourth-order valence-electron chi connectivity index (χ4n) is 0.556. The number of aromatic nitrogens is 1. The molecular formula is C5H7BrN2O2S2. The standard InChI is InChI=1S/C5H7BrN2O2S2/c1-3-4(6)11-5(8-3)12(9,10)7-2/h7H,1-2H3. The predicted molar refractivity (Wildman–Crippen MR) is 50.8 cm³/mol. The number of nitrogens with one attached hydrogen (secondary N) is 1. The second kappa shape index (κ2) is 3.41. The third-order valence-electron chi connectivity index (χ3n) is 1.22. The minimum absolute atomic E-state index is 0.0920. The lowest BCUT2D eigenvalue weighted by molar-refractivity contribution is 0.587. The topological polar surface area (TPSA) is 59.1 Å². The van der Waals surface area contributed by atoms with Crippen LogP contribution in [-0.2, 0) is 10.0 Å². The van der Waals surface area contributed by atoms with Crippen molar-refractivity contribution < 1.29 is 8.42 Å². The zero-order valence-corrected chi connectivity index (χ0v) is 9.68. The molecule has 0 fully saturated rings. The van der Waals surface area contributed by atoms with Gasteiger partial charge in [0, 0.05) is 0 Å². The first-order chi connectivity index (χ1) is 5.47. The van der Waals surface area contributed by atoms with E-state index in [-0.39, 0.29) is 4.34 Å². The molecule has 0 aliphatic heterocycles. The molecule has 1 N–H and O–H groups in total. The molecule has 0 saturated carbocycles. The SMILES string of the molecule is CNS(=O)(=O)c1nc(C)c(Br)s1. The van der Waals surface area contributed by atoms with E-state index in [4.69, 9.17) is 0 Å². The van der Waals surface area contributed by atoms with Gasteiger partial charge in [-0.1, -0.05) is 11.3 Å². The van der Waals surface area contributed by atoms with Gasteiger partial charge < -0.3 is 0 Å². The Hall–Kier alpha value is 0.0200. The largest absolute Gasteiger partial charge is 0.267 e. The number of nitrogens with zero attached hydrogens (tertiary/aromatic N) is 1. The summed E-state index contributed by atoms with van der Waals surface area (Å²) in [5.74, 6) is 0. The molecule has 1 heterocycles. The number of rotatable bonds is 2. The molecule has 0 atom stereocenters. The van der Waals surface area contributed by atoms with Crippen molar-refractivity contribution >= 4 is 37.3 Å². The van der Waals surface area contributed by atoms with E-state index < -0.39 is 10.0 Å². The fraction of sp³-hybridized carbons (Fsp3) is 0.400. The van der Waals surface area contributed by atoms with Crippen molar-refractivity contribution in [2.45, 2.75) is 11.3 Å². The summed E-state index contributed by atoms with van der Waals surface area (Å²) in [6.45, 7) is 1.75. The molecule has 0 spiro atoms. The summed E-state index contributed by atoms with van der Waals surface area (Å²) in [4.78, 5) is 3.87. The lowest BCUT2D eigenvalue weighted by Gasteiger charge is -1.93. The van der Waals surface area contributed by atoms with Crippen molar-refractivity contribution in [1.82, 2.24) is 9.71 Å². The molecule has 0 bridgehead atoms. The van der Waals surface area contributed by atoms with Gasteiger partial charge in [-0.25, -0.2) is 18.1 Å². The van der Waals surface area contributed by atoms with Crippen LogP contribution in [0.4, 0.5) is 0 Å². The summed E-state index contributed by atoms with van der Waals surface area (Å²) < 4.78 is 25.4. The Kier molecular flexibility index (Phi) is 2.87. The Labute approximate surface area is 83.2 Å². The molecule has 0 aliphatic carbocycles.